The van der Waals surface area contributed by atoms with E-state index in [0.717, 1.165) is 5.56 Å². The highest BCUT2D eigenvalue weighted by Crippen LogP contribution is 2.27. The molecule has 19 heavy (non-hydrogen) atoms. The summed E-state index contributed by atoms with van der Waals surface area (Å²) in [5, 5.41) is 2.69. The normalized spacial score (nSPS) is 11.1. The van der Waals surface area contributed by atoms with Crippen LogP contribution in [-0.2, 0) is 6.54 Å². The third-order valence-electron chi connectivity index (χ3n) is 3.42. The number of halogens is 2. The van der Waals surface area contributed by atoms with Crippen molar-refractivity contribution in [2.24, 2.45) is 0 Å². The molecular weight excluding hydrogens is 277 g/mol. The van der Waals surface area contributed by atoms with Crippen molar-refractivity contribution in [3.8, 4) is 0 Å². The molecule has 0 fully saturated rings. The smallest absolute Gasteiger partial charge is 0.0505 e. The zero-order valence-corrected chi connectivity index (χ0v) is 12.0. The van der Waals surface area contributed by atoms with Crippen molar-refractivity contribution < 1.29 is 0 Å². The molecule has 0 amide bonds. The minimum Gasteiger partial charge on any atom is -0.343 e. The lowest BCUT2D eigenvalue weighted by molar-refractivity contribution is 0.837. The number of nitrogens with zero attached hydrogens (tertiary/aromatic N) is 1. The maximum atomic E-state index is 6.23. The molecule has 1 nitrogen and oxygen atoms in total. The van der Waals surface area contributed by atoms with Crippen molar-refractivity contribution >= 4 is 34.1 Å². The van der Waals surface area contributed by atoms with Gasteiger partial charge < -0.3 is 4.57 Å². The summed E-state index contributed by atoms with van der Waals surface area (Å²) in [4.78, 5) is 0. The molecular formula is C16H13Cl2N. The van der Waals surface area contributed by atoms with Gasteiger partial charge in [-0.05, 0) is 36.8 Å². The number of hydrogen-bond donors (Lipinski definition) is 0. The van der Waals surface area contributed by atoms with Crippen molar-refractivity contribution in [1.29, 1.82) is 0 Å². The summed E-state index contributed by atoms with van der Waals surface area (Å²) in [6.07, 6.45) is 2.08. The van der Waals surface area contributed by atoms with Crippen molar-refractivity contribution in [2.45, 2.75) is 13.5 Å². The molecule has 1 heterocycles. The van der Waals surface area contributed by atoms with E-state index in [1.54, 1.807) is 0 Å². The molecule has 0 N–H and O–H groups in total. The highest BCUT2D eigenvalue weighted by atomic mass is 35.5. The summed E-state index contributed by atoms with van der Waals surface area (Å²) in [6.45, 7) is 2.81. The zero-order valence-electron chi connectivity index (χ0n) is 10.5. The van der Waals surface area contributed by atoms with E-state index in [9.17, 15) is 0 Å². The van der Waals surface area contributed by atoms with Gasteiger partial charge in [-0.25, -0.2) is 0 Å². The highest BCUT2D eigenvalue weighted by Gasteiger charge is 2.08. The van der Waals surface area contributed by atoms with Crippen LogP contribution in [0.4, 0.5) is 0 Å². The molecule has 96 valence electrons. The number of hydrogen-bond acceptors (Lipinski definition) is 0. The van der Waals surface area contributed by atoms with Crippen molar-refractivity contribution in [2.75, 3.05) is 0 Å². The molecule has 2 aromatic carbocycles. The van der Waals surface area contributed by atoms with Crippen LogP contribution in [0, 0.1) is 6.92 Å². The first-order valence-electron chi connectivity index (χ1n) is 6.14. The van der Waals surface area contributed by atoms with Crippen LogP contribution in [0.15, 0.2) is 48.7 Å². The second kappa shape index (κ2) is 4.92. The monoisotopic (exact) mass is 289 g/mol. The van der Waals surface area contributed by atoms with E-state index in [0.29, 0.717) is 16.6 Å². The number of benzene rings is 2. The Morgan fingerprint density at radius 2 is 1.63 bits per heavy atom. The van der Waals surface area contributed by atoms with E-state index in [2.05, 4.69) is 42.0 Å². The molecule has 3 rings (SSSR count). The minimum absolute atomic E-state index is 0.686. The van der Waals surface area contributed by atoms with E-state index in [1.165, 1.54) is 16.5 Å². The van der Waals surface area contributed by atoms with Gasteiger partial charge >= 0.3 is 0 Å². The zero-order chi connectivity index (χ0) is 13.4. The summed E-state index contributed by atoms with van der Waals surface area (Å²) in [6, 6.07) is 14.1. The average Bonchev–Trinajstić information content (AvgIpc) is 2.79. The fourth-order valence-electron chi connectivity index (χ4n) is 2.37. The van der Waals surface area contributed by atoms with E-state index >= 15 is 0 Å². The summed E-state index contributed by atoms with van der Waals surface area (Å²) in [7, 11) is 0. The topological polar surface area (TPSA) is 4.93 Å². The van der Waals surface area contributed by atoms with Crippen molar-refractivity contribution in [3.05, 3.63) is 69.8 Å². The van der Waals surface area contributed by atoms with Gasteiger partial charge in [-0.3, -0.25) is 0 Å². The van der Waals surface area contributed by atoms with Crippen LogP contribution in [0.3, 0.4) is 0 Å². The first-order chi connectivity index (χ1) is 9.16. The van der Waals surface area contributed by atoms with Crippen LogP contribution in [0.1, 0.15) is 11.1 Å². The Morgan fingerprint density at radius 1 is 0.947 bits per heavy atom. The molecule has 3 heteroatoms. The summed E-state index contributed by atoms with van der Waals surface area (Å²) >= 11 is 12.5. The van der Waals surface area contributed by atoms with Crippen LogP contribution in [0.5, 0.6) is 0 Å². The lowest BCUT2D eigenvalue weighted by atomic mass is 10.1. The van der Waals surface area contributed by atoms with Gasteiger partial charge in [0.1, 0.15) is 0 Å². The summed E-state index contributed by atoms with van der Waals surface area (Å²) < 4.78 is 2.18. The van der Waals surface area contributed by atoms with Crippen molar-refractivity contribution in [1.82, 2.24) is 4.57 Å². The van der Waals surface area contributed by atoms with Crippen LogP contribution < -0.4 is 0 Å². The Kier molecular flexibility index (Phi) is 3.26. The van der Waals surface area contributed by atoms with Gasteiger partial charge in [0.2, 0.25) is 0 Å². The lowest BCUT2D eigenvalue weighted by Crippen LogP contribution is -1.99. The molecule has 0 aliphatic heterocycles. The molecule has 0 radical (unpaired) electrons. The SMILES string of the molecule is Cc1cccc2c1ccn2Cc1c(Cl)cccc1Cl. The molecule has 0 spiro atoms. The molecule has 0 aliphatic carbocycles. The maximum Gasteiger partial charge on any atom is 0.0505 e. The standard InChI is InChI=1S/C16H13Cl2N/c1-11-4-2-7-16-12(11)8-9-19(16)10-13-14(17)5-3-6-15(13)18/h2-9H,10H2,1H3. The fourth-order valence-corrected chi connectivity index (χ4v) is 2.89. The number of aryl methyl sites for hydroxylation is 1. The van der Waals surface area contributed by atoms with Crippen molar-refractivity contribution in [3.63, 3.8) is 0 Å². The molecule has 0 unspecified atom stereocenters. The minimum atomic E-state index is 0.686. The van der Waals surface area contributed by atoms with E-state index in [1.807, 2.05) is 18.2 Å². The van der Waals surface area contributed by atoms with Gasteiger partial charge in [0, 0.05) is 32.7 Å². The molecule has 3 aromatic rings. The first-order valence-corrected chi connectivity index (χ1v) is 6.90. The summed E-state index contributed by atoms with van der Waals surface area (Å²) in [5.74, 6) is 0. The molecule has 0 bridgehead atoms. The predicted molar refractivity (Wildman–Crippen MR) is 82.2 cm³/mol. The Labute approximate surface area is 122 Å². The first kappa shape index (κ1) is 12.6. The molecule has 0 atom stereocenters. The number of aromatic nitrogens is 1. The van der Waals surface area contributed by atoms with E-state index < -0.39 is 0 Å². The van der Waals surface area contributed by atoms with E-state index in [4.69, 9.17) is 23.2 Å². The Hall–Kier alpha value is -1.44. The second-order valence-corrected chi connectivity index (χ2v) is 5.47. The summed E-state index contributed by atoms with van der Waals surface area (Å²) in [5.41, 5.74) is 3.45. The molecule has 0 aliphatic rings. The molecule has 1 aromatic heterocycles. The van der Waals surface area contributed by atoms with Crippen LogP contribution >= 0.6 is 23.2 Å². The highest BCUT2D eigenvalue weighted by molar-refractivity contribution is 6.36. The van der Waals surface area contributed by atoms with Crippen LogP contribution in [0.25, 0.3) is 10.9 Å². The van der Waals surface area contributed by atoms with Gasteiger partial charge in [-0.1, -0.05) is 41.4 Å². The van der Waals surface area contributed by atoms with Gasteiger partial charge in [0.05, 0.1) is 6.54 Å². The van der Waals surface area contributed by atoms with Gasteiger partial charge in [-0.15, -0.1) is 0 Å². The number of rotatable bonds is 2. The third-order valence-corrected chi connectivity index (χ3v) is 4.13. The Morgan fingerprint density at radius 3 is 2.37 bits per heavy atom. The van der Waals surface area contributed by atoms with Crippen LogP contribution in [0.2, 0.25) is 10.0 Å². The maximum absolute atomic E-state index is 6.23. The van der Waals surface area contributed by atoms with Crippen LogP contribution in [-0.4, -0.2) is 4.57 Å². The van der Waals surface area contributed by atoms with Gasteiger partial charge in [-0.2, -0.15) is 0 Å². The fraction of sp³-hybridized carbons (Fsp3) is 0.125. The Bertz CT molecular complexity index is 723. The Balaban J connectivity index is 2.09. The predicted octanol–water partition coefficient (Wildman–Crippen LogP) is 5.30. The van der Waals surface area contributed by atoms with E-state index in [-0.39, 0.29) is 0 Å². The van der Waals surface area contributed by atoms with Gasteiger partial charge in [0.25, 0.3) is 0 Å². The molecule has 0 saturated carbocycles. The van der Waals surface area contributed by atoms with Gasteiger partial charge in [0.15, 0.2) is 0 Å². The third kappa shape index (κ3) is 2.24. The second-order valence-electron chi connectivity index (χ2n) is 4.65. The lowest BCUT2D eigenvalue weighted by Gasteiger charge is -2.09. The quantitative estimate of drug-likeness (QED) is 0.603. The number of fused-ring (bicyclic) bond motifs is 1. The largest absolute Gasteiger partial charge is 0.343 e. The molecule has 0 saturated heterocycles. The average molecular weight is 290 g/mol.